The molecular formula is C17H18N4O3. The van der Waals surface area contributed by atoms with E-state index in [-0.39, 0.29) is 17.5 Å². The van der Waals surface area contributed by atoms with E-state index >= 15 is 0 Å². The minimum atomic E-state index is -0.791. The number of amides is 2. The van der Waals surface area contributed by atoms with Gasteiger partial charge in [-0.2, -0.15) is 4.98 Å². The van der Waals surface area contributed by atoms with Crippen molar-refractivity contribution >= 4 is 22.7 Å². The molecule has 1 aromatic carbocycles. The van der Waals surface area contributed by atoms with Crippen LogP contribution in [0.25, 0.3) is 10.9 Å². The number of hydrogen-bond donors (Lipinski definition) is 2. The lowest BCUT2D eigenvalue weighted by molar-refractivity contribution is -0.134. The molecule has 0 atom stereocenters. The van der Waals surface area contributed by atoms with Crippen LogP contribution in [0.4, 0.5) is 0 Å². The summed E-state index contributed by atoms with van der Waals surface area (Å²) in [7, 11) is 0. The summed E-state index contributed by atoms with van der Waals surface area (Å²) in [6.07, 6.45) is 3.15. The summed E-state index contributed by atoms with van der Waals surface area (Å²) in [4.78, 5) is 45.8. The number of aromatic nitrogens is 2. The molecule has 2 N–H and O–H groups in total. The zero-order chi connectivity index (χ0) is 16.7. The van der Waals surface area contributed by atoms with E-state index in [0.29, 0.717) is 36.8 Å². The molecule has 1 saturated carbocycles. The Hall–Kier alpha value is -2.70. The van der Waals surface area contributed by atoms with Crippen LogP contribution >= 0.6 is 0 Å². The first kappa shape index (κ1) is 14.9. The molecule has 0 radical (unpaired) electrons. The van der Waals surface area contributed by atoms with Gasteiger partial charge in [-0.3, -0.25) is 9.59 Å². The summed E-state index contributed by atoms with van der Waals surface area (Å²) in [6, 6.07) is 7.09. The fraction of sp³-hybridized carbons (Fsp3) is 0.412. The number of fused-ring (bicyclic) bond motifs is 1. The molecule has 1 aromatic heterocycles. The molecule has 24 heavy (non-hydrogen) atoms. The number of hydrogen-bond acceptors (Lipinski definition) is 4. The van der Waals surface area contributed by atoms with E-state index < -0.39 is 11.2 Å². The van der Waals surface area contributed by atoms with E-state index in [1.165, 1.54) is 0 Å². The van der Waals surface area contributed by atoms with Crippen LogP contribution in [0.3, 0.4) is 0 Å². The molecule has 4 rings (SSSR count). The third kappa shape index (κ3) is 2.11. The van der Waals surface area contributed by atoms with Gasteiger partial charge in [0.2, 0.25) is 5.91 Å². The Bertz CT molecular complexity index is 883. The number of benzene rings is 1. The second-order valence-electron chi connectivity index (χ2n) is 6.39. The molecule has 0 unspecified atom stereocenters. The van der Waals surface area contributed by atoms with Crippen LogP contribution in [0.15, 0.2) is 29.1 Å². The van der Waals surface area contributed by atoms with Gasteiger partial charge in [-0.15, -0.1) is 0 Å². The van der Waals surface area contributed by atoms with Crippen molar-refractivity contribution < 1.29 is 9.59 Å². The number of carbonyl (C=O) groups excluding carboxylic acids is 2. The normalized spacial score (nSPS) is 19.7. The molecule has 1 saturated heterocycles. The van der Waals surface area contributed by atoms with Gasteiger partial charge in [0.25, 0.3) is 5.91 Å². The summed E-state index contributed by atoms with van der Waals surface area (Å²) in [5.41, 5.74) is -0.655. The van der Waals surface area contributed by atoms with Crippen molar-refractivity contribution in [2.45, 2.75) is 31.2 Å². The summed E-state index contributed by atoms with van der Waals surface area (Å²) in [5.74, 6) is -0.428. The Morgan fingerprint density at radius 2 is 1.92 bits per heavy atom. The topological polar surface area (TPSA) is 95.2 Å². The van der Waals surface area contributed by atoms with Crippen molar-refractivity contribution in [1.82, 2.24) is 20.2 Å². The lowest BCUT2D eigenvalue weighted by Crippen LogP contribution is -2.65. The molecular weight excluding hydrogens is 308 g/mol. The van der Waals surface area contributed by atoms with Crippen LogP contribution in [-0.4, -0.2) is 45.3 Å². The van der Waals surface area contributed by atoms with Gasteiger partial charge in [0.1, 0.15) is 11.2 Å². The summed E-state index contributed by atoms with van der Waals surface area (Å²) >= 11 is 0. The molecule has 1 spiro atoms. The van der Waals surface area contributed by atoms with Crippen LogP contribution in [0.5, 0.6) is 0 Å². The van der Waals surface area contributed by atoms with Gasteiger partial charge in [0.05, 0.1) is 5.52 Å². The Morgan fingerprint density at radius 1 is 1.17 bits per heavy atom. The lowest BCUT2D eigenvalue weighted by Gasteiger charge is -2.43. The van der Waals surface area contributed by atoms with E-state index in [9.17, 15) is 14.4 Å². The van der Waals surface area contributed by atoms with Crippen molar-refractivity contribution in [1.29, 1.82) is 0 Å². The quantitative estimate of drug-likeness (QED) is 0.810. The molecule has 7 heteroatoms. The van der Waals surface area contributed by atoms with Gasteiger partial charge in [0, 0.05) is 18.5 Å². The predicted molar refractivity (Wildman–Crippen MR) is 87.6 cm³/mol. The van der Waals surface area contributed by atoms with Gasteiger partial charge in [-0.25, -0.2) is 4.79 Å². The molecule has 2 aliphatic rings. The first-order chi connectivity index (χ1) is 11.6. The van der Waals surface area contributed by atoms with Crippen molar-refractivity contribution in [3.8, 4) is 0 Å². The molecule has 1 aliphatic heterocycles. The van der Waals surface area contributed by atoms with Crippen molar-refractivity contribution in [2.24, 2.45) is 0 Å². The minimum Gasteiger partial charge on any atom is -0.352 e. The van der Waals surface area contributed by atoms with Crippen LogP contribution in [0.1, 0.15) is 36.2 Å². The maximum absolute atomic E-state index is 13.2. The van der Waals surface area contributed by atoms with Gasteiger partial charge < -0.3 is 15.2 Å². The average molecular weight is 326 g/mol. The van der Waals surface area contributed by atoms with Gasteiger partial charge in [-0.05, 0) is 18.9 Å². The first-order valence-electron chi connectivity index (χ1n) is 8.21. The third-order valence-corrected chi connectivity index (χ3v) is 5.08. The van der Waals surface area contributed by atoms with Crippen LogP contribution in [-0.2, 0) is 4.79 Å². The van der Waals surface area contributed by atoms with E-state index in [4.69, 9.17) is 0 Å². The zero-order valence-electron chi connectivity index (χ0n) is 13.2. The van der Waals surface area contributed by atoms with E-state index in [1.54, 1.807) is 29.2 Å². The highest BCUT2D eigenvalue weighted by atomic mass is 16.2. The largest absolute Gasteiger partial charge is 0.352 e. The van der Waals surface area contributed by atoms with Crippen LogP contribution in [0, 0.1) is 0 Å². The van der Waals surface area contributed by atoms with E-state index in [2.05, 4.69) is 15.3 Å². The molecule has 2 amide bonds. The van der Waals surface area contributed by atoms with Gasteiger partial charge in [0.15, 0.2) is 0 Å². The summed E-state index contributed by atoms with van der Waals surface area (Å²) < 4.78 is 0. The molecule has 1 aliphatic carbocycles. The average Bonchev–Trinajstić information content (AvgIpc) is 3.06. The Morgan fingerprint density at radius 3 is 2.71 bits per heavy atom. The van der Waals surface area contributed by atoms with Crippen molar-refractivity contribution in [3.05, 3.63) is 40.4 Å². The smallest absolute Gasteiger partial charge is 0.346 e. The van der Waals surface area contributed by atoms with Crippen molar-refractivity contribution in [3.63, 3.8) is 0 Å². The van der Waals surface area contributed by atoms with Crippen molar-refractivity contribution in [2.75, 3.05) is 13.1 Å². The molecule has 2 heterocycles. The highest BCUT2D eigenvalue weighted by Gasteiger charge is 2.50. The zero-order valence-corrected chi connectivity index (χ0v) is 13.2. The summed E-state index contributed by atoms with van der Waals surface area (Å²) in [5, 5.41) is 3.48. The number of aromatic amines is 1. The van der Waals surface area contributed by atoms with Crippen LogP contribution in [0.2, 0.25) is 0 Å². The fourth-order valence-electron chi connectivity index (χ4n) is 3.93. The number of piperazine rings is 1. The second-order valence-corrected chi connectivity index (χ2v) is 6.39. The minimum absolute atomic E-state index is 0.0891. The van der Waals surface area contributed by atoms with E-state index in [0.717, 1.165) is 12.8 Å². The molecule has 2 fully saturated rings. The number of rotatable bonds is 1. The van der Waals surface area contributed by atoms with E-state index in [1.807, 2.05) is 0 Å². The predicted octanol–water partition coefficient (Wildman–Crippen LogP) is 0.808. The lowest BCUT2D eigenvalue weighted by atomic mass is 9.91. The highest BCUT2D eigenvalue weighted by Crippen LogP contribution is 2.37. The number of carbonyl (C=O) groups is 2. The number of para-hydroxylation sites is 1. The molecule has 7 nitrogen and oxygen atoms in total. The van der Waals surface area contributed by atoms with Gasteiger partial charge in [-0.1, -0.05) is 31.0 Å². The number of nitrogens with zero attached hydrogens (tertiary/aromatic N) is 2. The number of H-pyrrole nitrogens is 1. The molecule has 124 valence electrons. The molecule has 0 bridgehead atoms. The monoisotopic (exact) mass is 326 g/mol. The maximum atomic E-state index is 13.2. The van der Waals surface area contributed by atoms with Gasteiger partial charge >= 0.3 is 5.69 Å². The summed E-state index contributed by atoms with van der Waals surface area (Å²) in [6.45, 7) is 0.862. The Kier molecular flexibility index (Phi) is 3.37. The van der Waals surface area contributed by atoms with Crippen LogP contribution < -0.4 is 11.0 Å². The number of nitrogens with one attached hydrogen (secondary N) is 2. The highest BCUT2D eigenvalue weighted by molar-refractivity contribution is 6.06. The first-order valence-corrected chi connectivity index (χ1v) is 8.21. The Balaban J connectivity index is 1.84. The molecule has 2 aromatic rings. The second kappa shape index (κ2) is 5.43. The fourth-order valence-corrected chi connectivity index (χ4v) is 3.93. The third-order valence-electron chi connectivity index (χ3n) is 5.08. The Labute approximate surface area is 138 Å². The SMILES string of the molecule is O=C(c1nc(=O)[nH]c2ccccc12)N1CCNC(=O)C12CCCC2. The maximum Gasteiger partial charge on any atom is 0.346 e. The standard InChI is InChI=1S/C17H18N4O3/c22-14(13-11-5-1-2-6-12(11)19-16(24)20-13)21-10-9-18-15(23)17(21)7-3-4-8-17/h1-2,5-6H,3-4,7-10H2,(H,18,23)(H,19,20,24).